The first-order chi connectivity index (χ1) is 11.9. The van der Waals surface area contributed by atoms with Gasteiger partial charge in [-0.2, -0.15) is 0 Å². The average molecular weight is 342 g/mol. The van der Waals surface area contributed by atoms with Gasteiger partial charge < -0.3 is 26.7 Å². The number of amidine groups is 1. The second-order valence-electron chi connectivity index (χ2n) is 5.28. The second-order valence-corrected chi connectivity index (χ2v) is 5.28. The van der Waals surface area contributed by atoms with Gasteiger partial charge in [0, 0.05) is 23.9 Å². The van der Waals surface area contributed by atoms with Crippen molar-refractivity contribution in [2.24, 2.45) is 10.9 Å². The van der Waals surface area contributed by atoms with Gasteiger partial charge >= 0.3 is 5.97 Å². The maximum absolute atomic E-state index is 11.6. The molecule has 130 valence electrons. The average Bonchev–Trinajstić information content (AvgIpc) is 2.59. The highest BCUT2D eigenvalue weighted by Crippen LogP contribution is 2.23. The molecule has 6 N–H and O–H groups in total. The van der Waals surface area contributed by atoms with Gasteiger partial charge in [-0.05, 0) is 42.0 Å². The molecule has 25 heavy (non-hydrogen) atoms. The van der Waals surface area contributed by atoms with Crippen LogP contribution >= 0.6 is 0 Å². The lowest BCUT2D eigenvalue weighted by Gasteiger charge is -2.17. The standard InChI is InChI=1S/C17H18N4O4/c1-10(22)19-14-4-2-3-12(9-14)15(17(23)24)20-13-7-5-11(6-8-13)16(18)21-25/h2-9,15,20,25H,1H3,(H2,18,21)(H,19,22)(H,23,24). The molecule has 1 atom stereocenters. The first-order valence-corrected chi connectivity index (χ1v) is 7.35. The van der Waals surface area contributed by atoms with Crippen molar-refractivity contribution in [3.63, 3.8) is 0 Å². The molecule has 2 rings (SSSR count). The number of nitrogens with two attached hydrogens (primary N) is 1. The van der Waals surface area contributed by atoms with Crippen LogP contribution in [0, 0.1) is 0 Å². The summed E-state index contributed by atoms with van der Waals surface area (Å²) in [6.07, 6.45) is 0. The largest absolute Gasteiger partial charge is 0.479 e. The van der Waals surface area contributed by atoms with E-state index < -0.39 is 12.0 Å². The maximum atomic E-state index is 11.6. The van der Waals surface area contributed by atoms with E-state index in [2.05, 4.69) is 15.8 Å². The summed E-state index contributed by atoms with van der Waals surface area (Å²) in [5.41, 5.74) is 7.55. The first kappa shape index (κ1) is 17.8. The van der Waals surface area contributed by atoms with Crippen molar-refractivity contribution in [1.82, 2.24) is 0 Å². The zero-order chi connectivity index (χ0) is 18.4. The number of aliphatic carboxylic acids is 1. The molecule has 8 nitrogen and oxygen atoms in total. The molecule has 0 saturated heterocycles. The number of amides is 1. The molecule has 0 heterocycles. The predicted octanol–water partition coefficient (Wildman–Crippen LogP) is 1.98. The molecule has 8 heteroatoms. The summed E-state index contributed by atoms with van der Waals surface area (Å²) < 4.78 is 0. The van der Waals surface area contributed by atoms with Crippen LogP contribution in [0.1, 0.15) is 24.1 Å². The van der Waals surface area contributed by atoms with Gasteiger partial charge in [0.05, 0.1) is 0 Å². The first-order valence-electron chi connectivity index (χ1n) is 7.35. The van der Waals surface area contributed by atoms with E-state index in [0.29, 0.717) is 22.5 Å². The molecule has 0 spiro atoms. The third-order valence-electron chi connectivity index (χ3n) is 3.39. The second kappa shape index (κ2) is 7.82. The van der Waals surface area contributed by atoms with Crippen molar-refractivity contribution >= 4 is 29.1 Å². The van der Waals surface area contributed by atoms with Crippen molar-refractivity contribution in [3.8, 4) is 0 Å². The Morgan fingerprint density at radius 1 is 1.12 bits per heavy atom. The fourth-order valence-electron chi connectivity index (χ4n) is 2.25. The van der Waals surface area contributed by atoms with Crippen LogP contribution in [0.15, 0.2) is 53.7 Å². The maximum Gasteiger partial charge on any atom is 0.330 e. The molecule has 0 aliphatic carbocycles. The van der Waals surface area contributed by atoms with Gasteiger partial charge in [0.25, 0.3) is 0 Å². The summed E-state index contributed by atoms with van der Waals surface area (Å²) in [7, 11) is 0. The topological polar surface area (TPSA) is 137 Å². The lowest BCUT2D eigenvalue weighted by atomic mass is 10.1. The van der Waals surface area contributed by atoms with E-state index in [0.717, 1.165) is 0 Å². The summed E-state index contributed by atoms with van der Waals surface area (Å²) in [5, 5.41) is 26.6. The van der Waals surface area contributed by atoms with Gasteiger partial charge in [-0.25, -0.2) is 4.79 Å². The summed E-state index contributed by atoms with van der Waals surface area (Å²) in [5.74, 6) is -1.35. The van der Waals surface area contributed by atoms with Crippen LogP contribution in [0.4, 0.5) is 11.4 Å². The quantitative estimate of drug-likeness (QED) is 0.236. The third-order valence-corrected chi connectivity index (χ3v) is 3.39. The normalized spacial score (nSPS) is 12.3. The highest BCUT2D eigenvalue weighted by molar-refractivity contribution is 5.97. The summed E-state index contributed by atoms with van der Waals surface area (Å²) >= 11 is 0. The van der Waals surface area contributed by atoms with Crippen molar-refractivity contribution < 1.29 is 19.9 Å². The van der Waals surface area contributed by atoms with Gasteiger partial charge in [0.2, 0.25) is 5.91 Å². The number of carbonyl (C=O) groups excluding carboxylic acids is 1. The van der Waals surface area contributed by atoms with Gasteiger partial charge in [-0.3, -0.25) is 4.79 Å². The van der Waals surface area contributed by atoms with Crippen LogP contribution in [-0.4, -0.2) is 28.0 Å². The van der Waals surface area contributed by atoms with Crippen LogP contribution in [0.3, 0.4) is 0 Å². The Kier molecular flexibility index (Phi) is 5.57. The molecule has 0 aliphatic heterocycles. The number of carbonyl (C=O) groups is 2. The van der Waals surface area contributed by atoms with E-state index in [1.807, 2.05) is 0 Å². The molecule has 0 saturated carbocycles. The van der Waals surface area contributed by atoms with E-state index in [1.54, 1.807) is 48.5 Å². The number of carboxylic acid groups (broad SMARTS) is 1. The molecule has 1 unspecified atom stereocenters. The minimum atomic E-state index is -1.07. The molecule has 2 aromatic rings. The van der Waals surface area contributed by atoms with Gasteiger partial charge in [0.15, 0.2) is 11.9 Å². The summed E-state index contributed by atoms with van der Waals surface area (Å²) in [4.78, 5) is 22.8. The minimum absolute atomic E-state index is 0.0376. The van der Waals surface area contributed by atoms with Crippen molar-refractivity contribution in [1.29, 1.82) is 0 Å². The molecule has 0 radical (unpaired) electrons. The van der Waals surface area contributed by atoms with Crippen LogP contribution in [0.2, 0.25) is 0 Å². The van der Waals surface area contributed by atoms with Crippen LogP contribution in [0.5, 0.6) is 0 Å². The van der Waals surface area contributed by atoms with Gasteiger partial charge in [-0.1, -0.05) is 17.3 Å². The fraction of sp³-hybridized carbons (Fsp3) is 0.118. The monoisotopic (exact) mass is 342 g/mol. The highest BCUT2D eigenvalue weighted by Gasteiger charge is 2.20. The Morgan fingerprint density at radius 2 is 1.80 bits per heavy atom. The van der Waals surface area contributed by atoms with Gasteiger partial charge in [-0.15, -0.1) is 0 Å². The number of oxime groups is 1. The van der Waals surface area contributed by atoms with Crippen molar-refractivity contribution in [3.05, 3.63) is 59.7 Å². The number of rotatable bonds is 6. The zero-order valence-electron chi connectivity index (χ0n) is 13.4. The number of anilines is 2. The molecular weight excluding hydrogens is 324 g/mol. The van der Waals surface area contributed by atoms with Crippen molar-refractivity contribution in [2.45, 2.75) is 13.0 Å². The molecule has 0 aliphatic rings. The van der Waals surface area contributed by atoms with Crippen LogP contribution in [0.25, 0.3) is 0 Å². The summed E-state index contributed by atoms with van der Waals surface area (Å²) in [6.45, 7) is 1.38. The third kappa shape index (κ3) is 4.71. The Hall–Kier alpha value is -3.55. The molecule has 2 aromatic carbocycles. The molecule has 1 amide bonds. The van der Waals surface area contributed by atoms with E-state index in [4.69, 9.17) is 10.9 Å². The number of nitrogens with zero attached hydrogens (tertiary/aromatic N) is 1. The molecule has 0 bridgehead atoms. The highest BCUT2D eigenvalue weighted by atomic mass is 16.4. The van der Waals surface area contributed by atoms with Gasteiger partial charge in [0.1, 0.15) is 0 Å². The molecule has 0 fully saturated rings. The Bertz CT molecular complexity index is 803. The number of benzene rings is 2. The molecular formula is C17H18N4O4. The number of hydrogen-bond donors (Lipinski definition) is 5. The Morgan fingerprint density at radius 3 is 2.36 bits per heavy atom. The number of nitrogens with one attached hydrogen (secondary N) is 2. The number of carboxylic acids is 1. The SMILES string of the molecule is CC(=O)Nc1cccc(C(Nc2ccc(/C(N)=N\O)cc2)C(=O)O)c1. The van der Waals surface area contributed by atoms with Crippen LogP contribution in [-0.2, 0) is 9.59 Å². The molecule has 0 aromatic heterocycles. The predicted molar refractivity (Wildman–Crippen MR) is 93.7 cm³/mol. The van der Waals surface area contributed by atoms with Crippen molar-refractivity contribution in [2.75, 3.05) is 10.6 Å². The Balaban J connectivity index is 2.24. The number of hydrogen-bond acceptors (Lipinski definition) is 5. The zero-order valence-corrected chi connectivity index (χ0v) is 13.4. The van der Waals surface area contributed by atoms with E-state index in [9.17, 15) is 14.7 Å². The Labute approximate surface area is 144 Å². The van der Waals surface area contributed by atoms with E-state index in [1.165, 1.54) is 6.92 Å². The minimum Gasteiger partial charge on any atom is -0.479 e. The van der Waals surface area contributed by atoms with E-state index >= 15 is 0 Å². The fourth-order valence-corrected chi connectivity index (χ4v) is 2.25. The van der Waals surface area contributed by atoms with E-state index in [-0.39, 0.29) is 11.7 Å². The smallest absolute Gasteiger partial charge is 0.330 e. The van der Waals surface area contributed by atoms with Crippen LogP contribution < -0.4 is 16.4 Å². The lowest BCUT2D eigenvalue weighted by Crippen LogP contribution is -2.21. The lowest BCUT2D eigenvalue weighted by molar-refractivity contribution is -0.138. The summed E-state index contributed by atoms with van der Waals surface area (Å²) in [6, 6.07) is 12.0.